The number of piperidine rings is 1. The molecule has 1 aliphatic heterocycles. The van der Waals surface area contributed by atoms with Crippen molar-refractivity contribution in [1.29, 1.82) is 0 Å². The van der Waals surface area contributed by atoms with Crippen LogP contribution in [0.15, 0.2) is 0 Å². The minimum absolute atomic E-state index is 0.0125. The van der Waals surface area contributed by atoms with Gasteiger partial charge in [-0.05, 0) is 39.7 Å². The van der Waals surface area contributed by atoms with E-state index in [2.05, 4.69) is 5.32 Å². The van der Waals surface area contributed by atoms with Gasteiger partial charge in [-0.1, -0.05) is 13.8 Å². The number of nitrogens with zero attached hydrogens (tertiary/aromatic N) is 1. The minimum atomic E-state index is -4.10. The molecule has 0 aliphatic carbocycles. The maximum atomic E-state index is 12.9. The molecular weight excluding hydrogens is 281 g/mol. The number of alkyl halides is 3. The van der Waals surface area contributed by atoms with Gasteiger partial charge in [-0.3, -0.25) is 4.90 Å². The standard InChI is InChI=1S/C15H29F3N2O/c1-11(2)19-14(4,10-21)8-12(3)20-7-5-6-13(9-20)15(16,17)18/h11-13,19,21H,5-10H2,1-4H3. The van der Waals surface area contributed by atoms with Gasteiger partial charge in [0.15, 0.2) is 0 Å². The summed E-state index contributed by atoms with van der Waals surface area (Å²) in [5.41, 5.74) is -0.460. The first-order chi connectivity index (χ1) is 9.57. The van der Waals surface area contributed by atoms with E-state index in [0.717, 1.165) is 0 Å². The molecule has 126 valence electrons. The molecular formula is C15H29F3N2O. The summed E-state index contributed by atoms with van der Waals surface area (Å²) in [6.45, 7) is 8.64. The predicted molar refractivity (Wildman–Crippen MR) is 78.2 cm³/mol. The van der Waals surface area contributed by atoms with Crippen molar-refractivity contribution in [3.8, 4) is 0 Å². The summed E-state index contributed by atoms with van der Waals surface area (Å²) in [5.74, 6) is -1.22. The monoisotopic (exact) mass is 310 g/mol. The number of halogens is 3. The number of rotatable bonds is 6. The fourth-order valence-corrected chi connectivity index (χ4v) is 3.32. The normalized spacial score (nSPS) is 25.9. The number of hydrogen-bond donors (Lipinski definition) is 2. The molecule has 0 spiro atoms. The fourth-order valence-electron chi connectivity index (χ4n) is 3.32. The molecule has 0 bridgehead atoms. The van der Waals surface area contributed by atoms with E-state index in [1.54, 1.807) is 0 Å². The van der Waals surface area contributed by atoms with Gasteiger partial charge in [-0.15, -0.1) is 0 Å². The molecule has 1 rings (SSSR count). The van der Waals surface area contributed by atoms with Crippen molar-refractivity contribution in [2.45, 2.75) is 70.8 Å². The average Bonchev–Trinajstić information content (AvgIpc) is 2.37. The van der Waals surface area contributed by atoms with Crippen molar-refractivity contribution in [2.24, 2.45) is 5.92 Å². The van der Waals surface area contributed by atoms with E-state index in [1.165, 1.54) is 0 Å². The van der Waals surface area contributed by atoms with Gasteiger partial charge in [0, 0.05) is 24.2 Å². The van der Waals surface area contributed by atoms with E-state index in [9.17, 15) is 18.3 Å². The van der Waals surface area contributed by atoms with E-state index in [4.69, 9.17) is 0 Å². The summed E-state index contributed by atoms with van der Waals surface area (Å²) in [7, 11) is 0. The van der Waals surface area contributed by atoms with E-state index in [-0.39, 0.29) is 31.7 Å². The molecule has 2 N–H and O–H groups in total. The maximum absolute atomic E-state index is 12.9. The van der Waals surface area contributed by atoms with Crippen LogP contribution in [0.3, 0.4) is 0 Å². The smallest absolute Gasteiger partial charge is 0.393 e. The second-order valence-corrected chi connectivity index (χ2v) is 6.95. The van der Waals surface area contributed by atoms with Gasteiger partial charge < -0.3 is 10.4 Å². The molecule has 1 fully saturated rings. The third-order valence-electron chi connectivity index (χ3n) is 4.27. The zero-order chi connectivity index (χ0) is 16.3. The SMILES string of the molecule is CC(C)NC(C)(CO)CC(C)N1CCCC(C(F)(F)F)C1. The topological polar surface area (TPSA) is 35.5 Å². The number of aliphatic hydroxyl groups excluding tert-OH is 1. The lowest BCUT2D eigenvalue weighted by molar-refractivity contribution is -0.188. The van der Waals surface area contributed by atoms with Crippen molar-refractivity contribution in [2.75, 3.05) is 19.7 Å². The van der Waals surface area contributed by atoms with Crippen LogP contribution in [0, 0.1) is 5.92 Å². The lowest BCUT2D eigenvalue weighted by atomic mass is 9.90. The molecule has 6 heteroatoms. The van der Waals surface area contributed by atoms with Crippen LogP contribution in [0.25, 0.3) is 0 Å². The zero-order valence-electron chi connectivity index (χ0n) is 13.5. The Hall–Kier alpha value is -0.330. The van der Waals surface area contributed by atoms with Crippen LogP contribution >= 0.6 is 0 Å². The molecule has 0 saturated carbocycles. The first-order valence-electron chi connectivity index (χ1n) is 7.77. The summed E-state index contributed by atoms with van der Waals surface area (Å²) in [4.78, 5) is 1.91. The summed E-state index contributed by atoms with van der Waals surface area (Å²) < 4.78 is 38.6. The number of nitrogens with one attached hydrogen (secondary N) is 1. The van der Waals surface area contributed by atoms with Crippen LogP contribution in [-0.2, 0) is 0 Å². The first-order valence-corrected chi connectivity index (χ1v) is 7.77. The van der Waals surface area contributed by atoms with Crippen molar-refractivity contribution in [3.05, 3.63) is 0 Å². The molecule has 1 aliphatic rings. The molecule has 0 radical (unpaired) electrons. The Morgan fingerprint density at radius 3 is 2.38 bits per heavy atom. The zero-order valence-corrected chi connectivity index (χ0v) is 13.5. The van der Waals surface area contributed by atoms with Crippen molar-refractivity contribution in [3.63, 3.8) is 0 Å². The second-order valence-electron chi connectivity index (χ2n) is 6.95. The van der Waals surface area contributed by atoms with Gasteiger partial charge in [0.1, 0.15) is 0 Å². The van der Waals surface area contributed by atoms with Gasteiger partial charge in [0.2, 0.25) is 0 Å². The Balaban J connectivity index is 2.63. The second kappa shape index (κ2) is 7.29. The molecule has 21 heavy (non-hydrogen) atoms. The summed E-state index contributed by atoms with van der Waals surface area (Å²) in [5, 5.41) is 12.9. The van der Waals surface area contributed by atoms with Crippen LogP contribution in [0.1, 0.15) is 47.0 Å². The highest BCUT2D eigenvalue weighted by Gasteiger charge is 2.43. The van der Waals surface area contributed by atoms with Crippen LogP contribution in [0.5, 0.6) is 0 Å². The summed E-state index contributed by atoms with van der Waals surface area (Å²) in [6.07, 6.45) is -2.66. The molecule has 1 saturated heterocycles. The Bertz CT molecular complexity index is 323. The molecule has 0 aromatic rings. The lowest BCUT2D eigenvalue weighted by Crippen LogP contribution is -2.54. The summed E-state index contributed by atoms with van der Waals surface area (Å²) in [6, 6.07) is 0.233. The highest BCUT2D eigenvalue weighted by atomic mass is 19.4. The molecule has 3 atom stereocenters. The molecule has 0 amide bonds. The highest BCUT2D eigenvalue weighted by Crippen LogP contribution is 2.34. The molecule has 0 aromatic carbocycles. The molecule has 1 heterocycles. The average molecular weight is 310 g/mol. The van der Waals surface area contributed by atoms with Crippen molar-refractivity contribution in [1.82, 2.24) is 10.2 Å². The summed E-state index contributed by atoms with van der Waals surface area (Å²) >= 11 is 0. The Labute approximate surface area is 125 Å². The van der Waals surface area contributed by atoms with Crippen molar-refractivity contribution >= 4 is 0 Å². The Morgan fingerprint density at radius 2 is 1.90 bits per heavy atom. The van der Waals surface area contributed by atoms with Crippen molar-refractivity contribution < 1.29 is 18.3 Å². The van der Waals surface area contributed by atoms with Crippen LogP contribution < -0.4 is 5.32 Å². The van der Waals surface area contributed by atoms with E-state index >= 15 is 0 Å². The minimum Gasteiger partial charge on any atom is -0.394 e. The van der Waals surface area contributed by atoms with E-state index in [1.807, 2.05) is 32.6 Å². The van der Waals surface area contributed by atoms with Crippen LogP contribution in [-0.4, -0.2) is 53.5 Å². The van der Waals surface area contributed by atoms with Gasteiger partial charge in [0.05, 0.1) is 12.5 Å². The highest BCUT2D eigenvalue weighted by molar-refractivity contribution is 4.90. The van der Waals surface area contributed by atoms with Crippen LogP contribution in [0.4, 0.5) is 13.2 Å². The number of likely N-dealkylation sites (tertiary alicyclic amines) is 1. The molecule has 3 unspecified atom stereocenters. The van der Waals surface area contributed by atoms with Gasteiger partial charge >= 0.3 is 6.18 Å². The van der Waals surface area contributed by atoms with Gasteiger partial charge in [-0.25, -0.2) is 0 Å². The fraction of sp³-hybridized carbons (Fsp3) is 1.00. The van der Waals surface area contributed by atoms with E-state index < -0.39 is 17.6 Å². The largest absolute Gasteiger partial charge is 0.394 e. The number of aliphatic hydroxyl groups is 1. The lowest BCUT2D eigenvalue weighted by Gasteiger charge is -2.41. The molecule has 3 nitrogen and oxygen atoms in total. The van der Waals surface area contributed by atoms with E-state index in [0.29, 0.717) is 19.4 Å². The Morgan fingerprint density at radius 1 is 1.29 bits per heavy atom. The first kappa shape index (κ1) is 18.7. The third-order valence-corrected chi connectivity index (χ3v) is 4.27. The Kier molecular flexibility index (Phi) is 6.50. The quantitative estimate of drug-likeness (QED) is 0.792. The van der Waals surface area contributed by atoms with Gasteiger partial charge in [-0.2, -0.15) is 13.2 Å². The maximum Gasteiger partial charge on any atom is 0.393 e. The van der Waals surface area contributed by atoms with Gasteiger partial charge in [0.25, 0.3) is 0 Å². The predicted octanol–water partition coefficient (Wildman–Crippen LogP) is 2.79. The van der Waals surface area contributed by atoms with Crippen LogP contribution in [0.2, 0.25) is 0 Å². The number of hydrogen-bond acceptors (Lipinski definition) is 3. The molecule has 0 aromatic heterocycles. The third kappa shape index (κ3) is 5.75.